The number of para-hydroxylation sites is 1. The molecule has 0 aliphatic heterocycles. The van der Waals surface area contributed by atoms with Crippen LogP contribution in [-0.2, 0) is 11.3 Å². The van der Waals surface area contributed by atoms with Gasteiger partial charge in [-0.3, -0.25) is 4.79 Å². The highest BCUT2D eigenvalue weighted by molar-refractivity contribution is 5.78. The predicted molar refractivity (Wildman–Crippen MR) is 89.8 cm³/mol. The second-order valence-electron chi connectivity index (χ2n) is 6.39. The summed E-state index contributed by atoms with van der Waals surface area (Å²) in [5, 5.41) is 3.08. The SMILES string of the molecule is CCCCC1CCC(C(=O)NCc2ccccc2OC)CC1. The molecule has 3 heteroatoms. The molecule has 0 spiro atoms. The summed E-state index contributed by atoms with van der Waals surface area (Å²) in [6, 6.07) is 7.85. The first-order valence-electron chi connectivity index (χ1n) is 8.64. The van der Waals surface area contributed by atoms with Crippen LogP contribution < -0.4 is 10.1 Å². The van der Waals surface area contributed by atoms with Gasteiger partial charge in [-0.05, 0) is 37.7 Å². The van der Waals surface area contributed by atoms with Gasteiger partial charge in [0.15, 0.2) is 0 Å². The lowest BCUT2D eigenvalue weighted by Gasteiger charge is -2.27. The maximum Gasteiger partial charge on any atom is 0.223 e. The third kappa shape index (κ3) is 4.75. The summed E-state index contributed by atoms with van der Waals surface area (Å²) in [4.78, 5) is 12.3. The number of methoxy groups -OCH3 is 1. The Labute approximate surface area is 134 Å². The molecule has 0 atom stereocenters. The van der Waals surface area contributed by atoms with E-state index in [1.165, 1.54) is 32.1 Å². The van der Waals surface area contributed by atoms with Crippen molar-refractivity contribution in [1.29, 1.82) is 0 Å². The van der Waals surface area contributed by atoms with Gasteiger partial charge in [-0.15, -0.1) is 0 Å². The number of carbonyl (C=O) groups is 1. The zero-order chi connectivity index (χ0) is 15.8. The van der Waals surface area contributed by atoms with E-state index in [2.05, 4.69) is 12.2 Å². The number of benzene rings is 1. The molecule has 0 heterocycles. The summed E-state index contributed by atoms with van der Waals surface area (Å²) < 4.78 is 5.32. The Morgan fingerprint density at radius 2 is 1.95 bits per heavy atom. The number of ether oxygens (including phenoxy) is 1. The van der Waals surface area contributed by atoms with E-state index in [0.717, 1.165) is 30.1 Å². The Bertz CT molecular complexity index is 464. The van der Waals surface area contributed by atoms with Crippen LogP contribution in [0.1, 0.15) is 57.4 Å². The largest absolute Gasteiger partial charge is 0.496 e. The molecule has 122 valence electrons. The van der Waals surface area contributed by atoms with Crippen LogP contribution in [0.15, 0.2) is 24.3 Å². The second kappa shape index (κ2) is 8.82. The molecular formula is C19H29NO2. The van der Waals surface area contributed by atoms with Crippen molar-refractivity contribution in [3.8, 4) is 5.75 Å². The van der Waals surface area contributed by atoms with Crippen LogP contribution in [0.2, 0.25) is 0 Å². The second-order valence-corrected chi connectivity index (χ2v) is 6.39. The average molecular weight is 303 g/mol. The summed E-state index contributed by atoms with van der Waals surface area (Å²) in [7, 11) is 1.66. The monoisotopic (exact) mass is 303 g/mol. The van der Waals surface area contributed by atoms with Crippen LogP contribution in [0.4, 0.5) is 0 Å². The Kier molecular flexibility index (Phi) is 6.75. The third-order valence-electron chi connectivity index (χ3n) is 4.83. The van der Waals surface area contributed by atoms with Gasteiger partial charge >= 0.3 is 0 Å². The molecule has 1 amide bonds. The fourth-order valence-corrected chi connectivity index (χ4v) is 3.38. The van der Waals surface area contributed by atoms with Crippen LogP contribution in [-0.4, -0.2) is 13.0 Å². The average Bonchev–Trinajstić information content (AvgIpc) is 2.58. The van der Waals surface area contributed by atoms with E-state index in [9.17, 15) is 4.79 Å². The van der Waals surface area contributed by atoms with Gasteiger partial charge in [-0.1, -0.05) is 44.4 Å². The van der Waals surface area contributed by atoms with E-state index in [-0.39, 0.29) is 11.8 Å². The molecule has 1 saturated carbocycles. The molecule has 22 heavy (non-hydrogen) atoms. The fourth-order valence-electron chi connectivity index (χ4n) is 3.38. The molecule has 0 saturated heterocycles. The Morgan fingerprint density at radius 3 is 2.64 bits per heavy atom. The topological polar surface area (TPSA) is 38.3 Å². The lowest BCUT2D eigenvalue weighted by Crippen LogP contribution is -2.32. The molecule has 1 N–H and O–H groups in total. The maximum absolute atomic E-state index is 12.3. The molecular weight excluding hydrogens is 274 g/mol. The highest BCUT2D eigenvalue weighted by Gasteiger charge is 2.25. The van der Waals surface area contributed by atoms with E-state index >= 15 is 0 Å². The highest BCUT2D eigenvalue weighted by atomic mass is 16.5. The minimum absolute atomic E-state index is 0.201. The first kappa shape index (κ1) is 16.9. The summed E-state index contributed by atoms with van der Waals surface area (Å²) in [6.45, 7) is 2.80. The van der Waals surface area contributed by atoms with Crippen molar-refractivity contribution in [1.82, 2.24) is 5.32 Å². The van der Waals surface area contributed by atoms with Gasteiger partial charge in [-0.2, -0.15) is 0 Å². The van der Waals surface area contributed by atoms with Crippen LogP contribution >= 0.6 is 0 Å². The summed E-state index contributed by atoms with van der Waals surface area (Å²) in [6.07, 6.45) is 8.47. The van der Waals surface area contributed by atoms with Crippen molar-refractivity contribution < 1.29 is 9.53 Å². The number of nitrogens with one attached hydrogen (secondary N) is 1. The van der Waals surface area contributed by atoms with Crippen molar-refractivity contribution in [2.75, 3.05) is 7.11 Å². The van der Waals surface area contributed by atoms with E-state index in [1.807, 2.05) is 24.3 Å². The van der Waals surface area contributed by atoms with E-state index < -0.39 is 0 Å². The molecule has 3 nitrogen and oxygen atoms in total. The predicted octanol–water partition coefficient (Wildman–Crippen LogP) is 4.31. The first-order chi connectivity index (χ1) is 10.7. The fraction of sp³-hybridized carbons (Fsp3) is 0.632. The number of amides is 1. The van der Waals surface area contributed by atoms with Crippen LogP contribution in [0.3, 0.4) is 0 Å². The van der Waals surface area contributed by atoms with Crippen molar-refractivity contribution in [2.24, 2.45) is 11.8 Å². The molecule has 1 aromatic carbocycles. The zero-order valence-electron chi connectivity index (χ0n) is 13.9. The van der Waals surface area contributed by atoms with Crippen molar-refractivity contribution in [2.45, 2.75) is 58.4 Å². The smallest absolute Gasteiger partial charge is 0.223 e. The minimum atomic E-state index is 0.201. The molecule has 0 radical (unpaired) electrons. The van der Waals surface area contributed by atoms with Crippen molar-refractivity contribution in [3.05, 3.63) is 29.8 Å². The molecule has 1 fully saturated rings. The normalized spacial score (nSPS) is 21.4. The Morgan fingerprint density at radius 1 is 1.23 bits per heavy atom. The number of carbonyl (C=O) groups excluding carboxylic acids is 1. The summed E-state index contributed by atoms with van der Waals surface area (Å²) >= 11 is 0. The maximum atomic E-state index is 12.3. The number of hydrogen-bond acceptors (Lipinski definition) is 2. The van der Waals surface area contributed by atoms with Crippen LogP contribution in [0.5, 0.6) is 5.75 Å². The summed E-state index contributed by atoms with van der Waals surface area (Å²) in [5.41, 5.74) is 1.04. The number of rotatable bonds is 7. The van der Waals surface area contributed by atoms with Gasteiger partial charge in [0.2, 0.25) is 5.91 Å². The van der Waals surface area contributed by atoms with E-state index in [0.29, 0.717) is 6.54 Å². The quantitative estimate of drug-likeness (QED) is 0.815. The highest BCUT2D eigenvalue weighted by Crippen LogP contribution is 2.32. The van der Waals surface area contributed by atoms with Gasteiger partial charge in [0.25, 0.3) is 0 Å². The molecule has 2 rings (SSSR count). The van der Waals surface area contributed by atoms with Gasteiger partial charge in [0.05, 0.1) is 7.11 Å². The van der Waals surface area contributed by atoms with E-state index in [1.54, 1.807) is 7.11 Å². The molecule has 0 aromatic heterocycles. The lowest BCUT2D eigenvalue weighted by molar-refractivity contribution is -0.126. The molecule has 1 aliphatic rings. The molecule has 0 bridgehead atoms. The molecule has 1 aliphatic carbocycles. The standard InChI is InChI=1S/C19H29NO2/c1-3-4-7-15-10-12-16(13-11-15)19(21)20-14-17-8-5-6-9-18(17)22-2/h5-6,8-9,15-16H,3-4,7,10-14H2,1-2H3,(H,20,21). The molecule has 0 unspecified atom stereocenters. The van der Waals surface area contributed by atoms with Crippen molar-refractivity contribution in [3.63, 3.8) is 0 Å². The first-order valence-corrected chi connectivity index (χ1v) is 8.64. The lowest BCUT2D eigenvalue weighted by atomic mass is 9.79. The van der Waals surface area contributed by atoms with Crippen LogP contribution in [0.25, 0.3) is 0 Å². The van der Waals surface area contributed by atoms with E-state index in [4.69, 9.17) is 4.74 Å². The summed E-state index contributed by atoms with van der Waals surface area (Å²) in [5.74, 6) is 2.09. The van der Waals surface area contributed by atoms with Crippen molar-refractivity contribution >= 4 is 5.91 Å². The number of hydrogen-bond donors (Lipinski definition) is 1. The Hall–Kier alpha value is -1.51. The van der Waals surface area contributed by atoms with Crippen LogP contribution in [0, 0.1) is 11.8 Å². The Balaban J connectivity index is 1.76. The third-order valence-corrected chi connectivity index (χ3v) is 4.83. The number of unbranched alkanes of at least 4 members (excludes halogenated alkanes) is 1. The minimum Gasteiger partial charge on any atom is -0.496 e. The van der Waals surface area contributed by atoms with Gasteiger partial charge in [-0.25, -0.2) is 0 Å². The zero-order valence-corrected chi connectivity index (χ0v) is 13.9. The molecule has 1 aromatic rings. The van der Waals surface area contributed by atoms with Gasteiger partial charge in [0, 0.05) is 18.0 Å². The van der Waals surface area contributed by atoms with Gasteiger partial charge in [0.1, 0.15) is 5.75 Å². The van der Waals surface area contributed by atoms with Gasteiger partial charge < -0.3 is 10.1 Å².